The van der Waals surface area contributed by atoms with Crippen LogP contribution in [0.15, 0.2) is 12.2 Å². The molecule has 0 aromatic carbocycles. The van der Waals surface area contributed by atoms with Crippen LogP contribution in [0.5, 0.6) is 0 Å². The molecule has 16 heavy (non-hydrogen) atoms. The summed E-state index contributed by atoms with van der Waals surface area (Å²) in [4.78, 5) is 11.9. The number of nitrogens with one attached hydrogen (secondary N) is 1. The lowest BCUT2D eigenvalue weighted by atomic mass is 10.0. The molecule has 0 aliphatic heterocycles. The van der Waals surface area contributed by atoms with Crippen molar-refractivity contribution in [2.75, 3.05) is 12.4 Å². The van der Waals surface area contributed by atoms with Gasteiger partial charge in [0.25, 0.3) is 0 Å². The van der Waals surface area contributed by atoms with E-state index in [-0.39, 0.29) is 5.91 Å². The van der Waals surface area contributed by atoms with Crippen LogP contribution < -0.4 is 5.32 Å². The fraction of sp³-hybridized carbons (Fsp3) is 0.769. The van der Waals surface area contributed by atoms with Crippen LogP contribution in [-0.4, -0.2) is 18.3 Å². The molecular weight excluding hydrogens is 222 g/mol. The van der Waals surface area contributed by atoms with Gasteiger partial charge in [0.05, 0.1) is 0 Å². The third-order valence-electron chi connectivity index (χ3n) is 4.69. The van der Waals surface area contributed by atoms with Crippen molar-refractivity contribution in [2.24, 2.45) is 29.6 Å². The molecule has 2 bridgehead atoms. The fourth-order valence-corrected chi connectivity index (χ4v) is 4.23. The number of rotatable bonds is 4. The van der Waals surface area contributed by atoms with Gasteiger partial charge < -0.3 is 5.32 Å². The first kappa shape index (κ1) is 10.6. The van der Waals surface area contributed by atoms with Gasteiger partial charge >= 0.3 is 0 Å². The number of carbonyl (C=O) groups excluding carboxylic acids is 1. The highest BCUT2D eigenvalue weighted by molar-refractivity contribution is 6.18. The van der Waals surface area contributed by atoms with Crippen molar-refractivity contribution >= 4 is 17.5 Å². The quantitative estimate of drug-likeness (QED) is 0.592. The van der Waals surface area contributed by atoms with E-state index in [0.29, 0.717) is 18.3 Å². The lowest BCUT2D eigenvalue weighted by Crippen LogP contribution is -2.27. The van der Waals surface area contributed by atoms with Crippen LogP contribution in [0.2, 0.25) is 0 Å². The number of allylic oxidation sites excluding steroid dienone is 1. The highest BCUT2D eigenvalue weighted by Gasteiger charge is 2.67. The van der Waals surface area contributed by atoms with Crippen molar-refractivity contribution in [1.82, 2.24) is 5.32 Å². The summed E-state index contributed by atoms with van der Waals surface area (Å²) in [5.74, 6) is 4.41. The van der Waals surface area contributed by atoms with Crippen LogP contribution in [0.25, 0.3) is 0 Å². The van der Waals surface area contributed by atoms with E-state index in [1.165, 1.54) is 19.3 Å². The average molecular weight is 240 g/mol. The number of alkyl halides is 1. The normalized spacial score (nSPS) is 43.7. The zero-order valence-corrected chi connectivity index (χ0v) is 10.1. The molecule has 2 nitrogen and oxygen atoms in total. The standard InChI is InChI=1S/C13H18ClNO/c14-5-1-2-6-15-13(16)12-10-8-3-4-9(7-8)11(10)12/h1-2,8-12H,3-7H2,(H,15,16)/b2-1+. The van der Waals surface area contributed by atoms with E-state index in [1.807, 2.05) is 12.2 Å². The van der Waals surface area contributed by atoms with Crippen LogP contribution in [0.3, 0.4) is 0 Å². The Balaban J connectivity index is 1.49. The van der Waals surface area contributed by atoms with E-state index in [1.54, 1.807) is 0 Å². The molecule has 0 saturated heterocycles. The third kappa shape index (κ3) is 1.58. The van der Waals surface area contributed by atoms with E-state index in [0.717, 1.165) is 23.7 Å². The van der Waals surface area contributed by atoms with Crippen LogP contribution >= 0.6 is 11.6 Å². The minimum absolute atomic E-state index is 0.283. The first-order chi connectivity index (χ1) is 7.83. The molecule has 3 aliphatic rings. The second-order valence-corrected chi connectivity index (χ2v) is 5.69. The summed E-state index contributed by atoms with van der Waals surface area (Å²) in [7, 11) is 0. The third-order valence-corrected chi connectivity index (χ3v) is 4.87. The van der Waals surface area contributed by atoms with E-state index in [9.17, 15) is 4.79 Å². The summed E-state index contributed by atoms with van der Waals surface area (Å²) in [5.41, 5.74) is 0. The van der Waals surface area contributed by atoms with Crippen molar-refractivity contribution in [3.05, 3.63) is 12.2 Å². The van der Waals surface area contributed by atoms with Gasteiger partial charge in [0.2, 0.25) is 5.91 Å². The van der Waals surface area contributed by atoms with Crippen LogP contribution in [0, 0.1) is 29.6 Å². The van der Waals surface area contributed by atoms with Crippen molar-refractivity contribution < 1.29 is 4.79 Å². The minimum atomic E-state index is 0.283. The van der Waals surface area contributed by atoms with E-state index < -0.39 is 0 Å². The fourth-order valence-electron chi connectivity index (χ4n) is 4.10. The number of carbonyl (C=O) groups is 1. The maximum Gasteiger partial charge on any atom is 0.223 e. The summed E-state index contributed by atoms with van der Waals surface area (Å²) in [5, 5.41) is 2.99. The maximum absolute atomic E-state index is 11.9. The highest BCUT2D eigenvalue weighted by atomic mass is 35.5. The summed E-state index contributed by atoms with van der Waals surface area (Å²) < 4.78 is 0. The molecule has 3 rings (SSSR count). The molecule has 3 saturated carbocycles. The van der Waals surface area contributed by atoms with Gasteiger partial charge in [0, 0.05) is 18.3 Å². The van der Waals surface area contributed by atoms with Crippen molar-refractivity contribution in [1.29, 1.82) is 0 Å². The average Bonchev–Trinajstić information content (AvgIpc) is 2.74. The first-order valence-corrected chi connectivity index (χ1v) is 6.85. The van der Waals surface area contributed by atoms with Crippen molar-refractivity contribution in [3.63, 3.8) is 0 Å². The molecule has 3 heteroatoms. The van der Waals surface area contributed by atoms with Gasteiger partial charge in [-0.25, -0.2) is 0 Å². The number of halogens is 1. The Morgan fingerprint density at radius 1 is 1.25 bits per heavy atom. The number of hydrogen-bond acceptors (Lipinski definition) is 1. The zero-order valence-electron chi connectivity index (χ0n) is 9.36. The first-order valence-electron chi connectivity index (χ1n) is 6.31. The maximum atomic E-state index is 11.9. The van der Waals surface area contributed by atoms with Crippen molar-refractivity contribution in [3.8, 4) is 0 Å². The Labute approximate surface area is 101 Å². The van der Waals surface area contributed by atoms with Crippen molar-refractivity contribution in [2.45, 2.75) is 19.3 Å². The monoisotopic (exact) mass is 239 g/mol. The van der Waals surface area contributed by atoms with Gasteiger partial charge in [-0.3, -0.25) is 4.79 Å². The second kappa shape index (κ2) is 4.06. The largest absolute Gasteiger partial charge is 0.352 e. The molecule has 0 aromatic rings. The van der Waals surface area contributed by atoms with Crippen LogP contribution in [0.4, 0.5) is 0 Å². The highest BCUT2D eigenvalue weighted by Crippen LogP contribution is 2.69. The van der Waals surface area contributed by atoms with Gasteiger partial charge in [-0.05, 0) is 42.9 Å². The Morgan fingerprint density at radius 3 is 2.56 bits per heavy atom. The molecule has 3 aliphatic carbocycles. The van der Waals surface area contributed by atoms with E-state index in [4.69, 9.17) is 11.6 Å². The summed E-state index contributed by atoms with van der Waals surface area (Å²) in [6.45, 7) is 0.636. The van der Waals surface area contributed by atoms with Gasteiger partial charge in [-0.2, -0.15) is 0 Å². The summed E-state index contributed by atoms with van der Waals surface area (Å²) in [6, 6.07) is 0. The van der Waals surface area contributed by atoms with E-state index in [2.05, 4.69) is 5.32 Å². The molecule has 88 valence electrons. The summed E-state index contributed by atoms with van der Waals surface area (Å²) >= 11 is 5.52. The molecule has 0 spiro atoms. The van der Waals surface area contributed by atoms with E-state index >= 15 is 0 Å². The molecular formula is C13H18ClNO. The molecule has 1 amide bonds. The molecule has 0 aromatic heterocycles. The lowest BCUT2D eigenvalue weighted by molar-refractivity contribution is -0.123. The Morgan fingerprint density at radius 2 is 1.94 bits per heavy atom. The van der Waals surface area contributed by atoms with Gasteiger partial charge in [0.15, 0.2) is 0 Å². The van der Waals surface area contributed by atoms with Crippen LogP contribution in [0.1, 0.15) is 19.3 Å². The lowest BCUT2D eigenvalue weighted by Gasteiger charge is -2.08. The second-order valence-electron chi connectivity index (χ2n) is 5.38. The number of hydrogen-bond donors (Lipinski definition) is 1. The molecule has 0 radical (unpaired) electrons. The van der Waals surface area contributed by atoms with Gasteiger partial charge in [-0.15, -0.1) is 11.6 Å². The molecule has 0 heterocycles. The van der Waals surface area contributed by atoms with Gasteiger partial charge in [-0.1, -0.05) is 12.2 Å². The molecule has 4 unspecified atom stereocenters. The topological polar surface area (TPSA) is 29.1 Å². The SMILES string of the molecule is O=C(NC/C=C/CCl)C1C2C3CCC(C3)C12. The predicted octanol–water partition coefficient (Wildman–Crippen LogP) is 2.19. The minimum Gasteiger partial charge on any atom is -0.352 e. The van der Waals surface area contributed by atoms with Crippen LogP contribution in [-0.2, 0) is 4.79 Å². The van der Waals surface area contributed by atoms with Gasteiger partial charge in [0.1, 0.15) is 0 Å². The number of fused-ring (bicyclic) bond motifs is 5. The zero-order chi connectivity index (χ0) is 11.1. The molecule has 4 atom stereocenters. The Bertz CT molecular complexity index is 312. The number of amides is 1. The molecule has 3 fully saturated rings. The molecule has 1 N–H and O–H groups in total. The smallest absolute Gasteiger partial charge is 0.223 e. The predicted molar refractivity (Wildman–Crippen MR) is 64.2 cm³/mol. The Kier molecular flexibility index (Phi) is 2.70. The summed E-state index contributed by atoms with van der Waals surface area (Å²) in [6.07, 6.45) is 7.96. The Hall–Kier alpha value is -0.500.